The van der Waals surface area contributed by atoms with Gasteiger partial charge in [-0.1, -0.05) is 49.7 Å². The zero-order valence-corrected chi connectivity index (χ0v) is 14.6. The van der Waals surface area contributed by atoms with Gasteiger partial charge in [-0.25, -0.2) is 0 Å². The van der Waals surface area contributed by atoms with Gasteiger partial charge in [0.05, 0.1) is 20.4 Å². The van der Waals surface area contributed by atoms with E-state index in [0.717, 1.165) is 6.54 Å². The summed E-state index contributed by atoms with van der Waals surface area (Å²) in [4.78, 5) is 0. The number of rotatable bonds is 3. The fourth-order valence-corrected chi connectivity index (χ4v) is 6.10. The van der Waals surface area contributed by atoms with Crippen LogP contribution < -0.4 is 0 Å². The molecule has 0 aliphatic carbocycles. The molecule has 3 heteroatoms. The number of hydrogen-bond donors (Lipinski definition) is 0. The third kappa shape index (κ3) is 1.84. The van der Waals surface area contributed by atoms with Crippen molar-refractivity contribution in [2.45, 2.75) is 26.3 Å². The fraction of sp³-hybridized carbons (Fsp3) is 0.200. The van der Waals surface area contributed by atoms with Crippen LogP contribution in [0.1, 0.15) is 19.8 Å². The highest BCUT2D eigenvalue weighted by atomic mass is 32.1. The van der Waals surface area contributed by atoms with Gasteiger partial charge in [0.15, 0.2) is 0 Å². The van der Waals surface area contributed by atoms with E-state index in [4.69, 9.17) is 0 Å². The number of aryl methyl sites for hydroxylation is 1. The second-order valence-corrected chi connectivity index (χ2v) is 8.16. The molecule has 0 bridgehead atoms. The molecule has 0 atom stereocenters. The molecule has 0 fully saturated rings. The summed E-state index contributed by atoms with van der Waals surface area (Å²) < 4.78 is 8.34. The normalized spacial score (nSPS) is 12.2. The van der Waals surface area contributed by atoms with Crippen LogP contribution in [0, 0.1) is 0 Å². The Morgan fingerprint density at radius 3 is 1.83 bits per heavy atom. The summed E-state index contributed by atoms with van der Waals surface area (Å²) in [5.41, 5.74) is 2.90. The summed E-state index contributed by atoms with van der Waals surface area (Å²) >= 11 is 3.90. The largest absolute Gasteiger partial charge is 0.338 e. The van der Waals surface area contributed by atoms with Crippen molar-refractivity contribution in [3.8, 4) is 0 Å². The van der Waals surface area contributed by atoms with Crippen molar-refractivity contribution < 1.29 is 0 Å². The maximum absolute atomic E-state index is 2.59. The molecule has 0 spiro atoms. The highest BCUT2D eigenvalue weighted by Gasteiger charge is 2.19. The van der Waals surface area contributed by atoms with Crippen LogP contribution in [0.3, 0.4) is 0 Å². The quantitative estimate of drug-likeness (QED) is 0.334. The van der Waals surface area contributed by atoms with Crippen molar-refractivity contribution in [3.05, 3.63) is 48.5 Å². The molecular weight excluding hydrogens is 318 g/mol. The zero-order chi connectivity index (χ0) is 15.4. The predicted molar refractivity (Wildman–Crippen MR) is 105 cm³/mol. The van der Waals surface area contributed by atoms with Gasteiger partial charge in [0.2, 0.25) is 0 Å². The minimum absolute atomic E-state index is 1.11. The van der Waals surface area contributed by atoms with E-state index in [1.165, 1.54) is 53.4 Å². The van der Waals surface area contributed by atoms with E-state index in [9.17, 15) is 0 Å². The number of hydrogen-bond acceptors (Lipinski definition) is 2. The molecule has 0 radical (unpaired) electrons. The van der Waals surface area contributed by atoms with Crippen LogP contribution in [0.15, 0.2) is 48.5 Å². The van der Waals surface area contributed by atoms with Crippen molar-refractivity contribution >= 4 is 63.3 Å². The van der Waals surface area contributed by atoms with Gasteiger partial charge < -0.3 is 4.57 Å². The van der Waals surface area contributed by atoms with Crippen LogP contribution in [-0.4, -0.2) is 4.57 Å². The van der Waals surface area contributed by atoms with Crippen molar-refractivity contribution in [1.29, 1.82) is 0 Å². The minimum Gasteiger partial charge on any atom is -0.338 e. The SMILES string of the molecule is CCCCn1c2c3ccccc3sc2c2sc3ccccc3c21. The molecule has 3 aromatic heterocycles. The van der Waals surface area contributed by atoms with Crippen LogP contribution in [0.2, 0.25) is 0 Å². The first kappa shape index (κ1) is 13.6. The van der Waals surface area contributed by atoms with Crippen molar-refractivity contribution in [1.82, 2.24) is 4.57 Å². The number of fused-ring (bicyclic) bond motifs is 7. The standard InChI is InChI=1S/C20H17NS2/c1-2-3-12-21-17-13-8-4-6-10-15(13)22-19(17)20-18(21)14-9-5-7-11-16(14)23-20/h4-11H,2-3,12H2,1H3. The molecule has 0 aliphatic rings. The number of benzene rings is 2. The van der Waals surface area contributed by atoms with E-state index in [0.29, 0.717) is 0 Å². The third-order valence-corrected chi connectivity index (χ3v) is 7.10. The van der Waals surface area contributed by atoms with E-state index in [-0.39, 0.29) is 0 Å². The summed E-state index contributed by atoms with van der Waals surface area (Å²) in [6.45, 7) is 3.38. The molecule has 0 aliphatic heterocycles. The summed E-state index contributed by atoms with van der Waals surface area (Å²) in [5, 5.41) is 2.83. The molecular formula is C20H17NS2. The Kier molecular flexibility index (Phi) is 3.00. The van der Waals surface area contributed by atoms with Gasteiger partial charge in [-0.05, 0) is 18.6 Å². The number of aromatic nitrogens is 1. The summed E-state index contributed by atoms with van der Waals surface area (Å²) in [7, 11) is 0. The van der Waals surface area contributed by atoms with Gasteiger partial charge >= 0.3 is 0 Å². The first-order chi connectivity index (χ1) is 11.4. The molecule has 5 rings (SSSR count). The number of unbranched alkanes of at least 4 members (excludes halogenated alkanes) is 1. The maximum Gasteiger partial charge on any atom is 0.0714 e. The molecule has 114 valence electrons. The average Bonchev–Trinajstić information content (AvgIpc) is 3.21. The molecule has 0 amide bonds. The smallest absolute Gasteiger partial charge is 0.0714 e. The lowest BCUT2D eigenvalue weighted by Crippen LogP contribution is -1.96. The van der Waals surface area contributed by atoms with Crippen molar-refractivity contribution in [2.75, 3.05) is 0 Å². The van der Waals surface area contributed by atoms with E-state index < -0.39 is 0 Å². The third-order valence-electron chi connectivity index (χ3n) is 4.62. The Morgan fingerprint density at radius 2 is 1.30 bits per heavy atom. The Morgan fingerprint density at radius 1 is 0.783 bits per heavy atom. The molecule has 23 heavy (non-hydrogen) atoms. The van der Waals surface area contributed by atoms with Crippen LogP contribution in [0.25, 0.3) is 40.6 Å². The van der Waals surface area contributed by atoms with Gasteiger partial charge in [-0.15, -0.1) is 22.7 Å². The first-order valence-electron chi connectivity index (χ1n) is 8.19. The lowest BCUT2D eigenvalue weighted by atomic mass is 10.2. The second-order valence-electron chi connectivity index (χ2n) is 6.06. The highest BCUT2D eigenvalue weighted by molar-refractivity contribution is 7.33. The van der Waals surface area contributed by atoms with Gasteiger partial charge in [0.25, 0.3) is 0 Å². The number of thiophene rings is 2. The molecule has 0 saturated heterocycles. The maximum atomic E-state index is 2.59. The summed E-state index contributed by atoms with van der Waals surface area (Å²) in [6, 6.07) is 17.7. The summed E-state index contributed by atoms with van der Waals surface area (Å²) in [5.74, 6) is 0. The Balaban J connectivity index is 2.01. The van der Waals surface area contributed by atoms with Crippen molar-refractivity contribution in [3.63, 3.8) is 0 Å². The monoisotopic (exact) mass is 335 g/mol. The topological polar surface area (TPSA) is 4.93 Å². The van der Waals surface area contributed by atoms with Gasteiger partial charge in [-0.2, -0.15) is 0 Å². The molecule has 2 aromatic carbocycles. The Bertz CT molecular complexity index is 1070. The molecule has 1 nitrogen and oxygen atoms in total. The number of nitrogens with zero attached hydrogens (tertiary/aromatic N) is 1. The van der Waals surface area contributed by atoms with Crippen LogP contribution in [-0.2, 0) is 6.54 Å². The average molecular weight is 335 g/mol. The van der Waals surface area contributed by atoms with Crippen LogP contribution in [0.5, 0.6) is 0 Å². The van der Waals surface area contributed by atoms with Crippen LogP contribution >= 0.6 is 22.7 Å². The lowest BCUT2D eigenvalue weighted by Gasteiger charge is -2.06. The molecule has 0 saturated carbocycles. The Hall–Kier alpha value is -1.84. The van der Waals surface area contributed by atoms with Gasteiger partial charge in [0.1, 0.15) is 0 Å². The van der Waals surface area contributed by atoms with E-state index in [2.05, 4.69) is 60.0 Å². The van der Waals surface area contributed by atoms with Gasteiger partial charge in [-0.3, -0.25) is 0 Å². The molecule has 0 N–H and O–H groups in total. The van der Waals surface area contributed by atoms with E-state index in [1.807, 2.05) is 22.7 Å². The van der Waals surface area contributed by atoms with Gasteiger partial charge in [0, 0.05) is 26.7 Å². The second kappa shape index (κ2) is 5.08. The Labute approximate surface area is 142 Å². The highest BCUT2D eigenvalue weighted by Crippen LogP contribution is 2.46. The van der Waals surface area contributed by atoms with Crippen LogP contribution in [0.4, 0.5) is 0 Å². The minimum atomic E-state index is 1.11. The molecule has 0 unspecified atom stereocenters. The summed E-state index contributed by atoms with van der Waals surface area (Å²) in [6.07, 6.45) is 2.46. The lowest BCUT2D eigenvalue weighted by molar-refractivity contribution is 0.667. The first-order valence-corrected chi connectivity index (χ1v) is 9.82. The molecule has 5 aromatic rings. The van der Waals surface area contributed by atoms with E-state index >= 15 is 0 Å². The van der Waals surface area contributed by atoms with E-state index in [1.54, 1.807) is 0 Å². The molecule has 3 heterocycles. The zero-order valence-electron chi connectivity index (χ0n) is 13.0. The predicted octanol–water partition coefficient (Wildman–Crippen LogP) is 7.02. The fourth-order valence-electron chi connectivity index (χ4n) is 3.56. The van der Waals surface area contributed by atoms with Crippen molar-refractivity contribution in [2.24, 2.45) is 0 Å².